The molecule has 2 heterocycles. The number of rotatable bonds is 18. The zero-order chi connectivity index (χ0) is 42.9. The molecule has 2 unspecified atom stereocenters. The van der Waals surface area contributed by atoms with E-state index in [4.69, 9.17) is 0 Å². The molecule has 0 amide bonds. The molecule has 60 heavy (non-hydrogen) atoms. The highest BCUT2D eigenvalue weighted by Gasteiger charge is 2.27. The van der Waals surface area contributed by atoms with Gasteiger partial charge in [0.05, 0.1) is 24.6 Å². The minimum absolute atomic E-state index is 0.00980. The second kappa shape index (κ2) is 18.8. The lowest BCUT2D eigenvalue weighted by molar-refractivity contribution is 0.281. The molecule has 2 atom stereocenters. The molecule has 0 aliphatic heterocycles. The first-order valence-corrected chi connectivity index (χ1v) is 20.9. The van der Waals surface area contributed by atoms with Crippen LogP contribution in [0.4, 0.5) is 47.1 Å². The Kier molecular flexibility index (Phi) is 13.4. The third-order valence-corrected chi connectivity index (χ3v) is 10.0. The first kappa shape index (κ1) is 42.8. The van der Waals surface area contributed by atoms with E-state index in [1.807, 2.05) is 12.1 Å². The summed E-state index contributed by atoms with van der Waals surface area (Å²) in [7, 11) is -10.00. The van der Waals surface area contributed by atoms with Gasteiger partial charge in [-0.3, -0.25) is 9.11 Å². The highest BCUT2D eigenvalue weighted by molar-refractivity contribution is 7.86. The van der Waals surface area contributed by atoms with Crippen molar-refractivity contribution in [2.45, 2.75) is 35.7 Å². The van der Waals surface area contributed by atoms with Crippen LogP contribution in [0.1, 0.15) is 25.0 Å². The smallest absolute Gasteiger partial charge is 0.295 e. The van der Waals surface area contributed by atoms with E-state index in [0.717, 1.165) is 12.1 Å². The predicted octanol–water partition coefficient (Wildman–Crippen LogP) is 4.67. The molecule has 312 valence electrons. The Labute approximate surface area is 344 Å². The van der Waals surface area contributed by atoms with Gasteiger partial charge in [0, 0.05) is 34.6 Å². The lowest BCUT2D eigenvalue weighted by Gasteiger charge is -2.22. The molecule has 4 aromatic carbocycles. The van der Waals surface area contributed by atoms with E-state index >= 15 is 0 Å². The van der Waals surface area contributed by atoms with Gasteiger partial charge in [-0.25, -0.2) is 0 Å². The van der Waals surface area contributed by atoms with E-state index in [2.05, 4.69) is 61.8 Å². The fraction of sp³-hybridized carbons (Fsp3) is 0.158. The SMILES string of the molecule is CC(CO)Nc1nc(NC(=C(Nc2nc(Nc3ccccc3)nc(NC(C)CO)n2)c2ccccc2S(=O)(=O)O)c2ccccc2S(=O)(=O)O)nc(Nc2ccccc2)n1. The third kappa shape index (κ3) is 11.2. The Morgan fingerprint density at radius 1 is 0.483 bits per heavy atom. The molecule has 0 aliphatic rings. The van der Waals surface area contributed by atoms with Gasteiger partial charge in [0.1, 0.15) is 9.79 Å². The number of aliphatic hydroxyl groups is 2. The second-order valence-corrected chi connectivity index (χ2v) is 15.8. The van der Waals surface area contributed by atoms with Gasteiger partial charge in [-0.05, 0) is 50.2 Å². The van der Waals surface area contributed by atoms with Crippen LogP contribution in [-0.2, 0) is 20.2 Å². The van der Waals surface area contributed by atoms with Crippen LogP contribution < -0.4 is 31.9 Å². The van der Waals surface area contributed by atoms with Crippen LogP contribution in [0.15, 0.2) is 119 Å². The van der Waals surface area contributed by atoms with E-state index in [-0.39, 0.29) is 71.4 Å². The molecular weight excluding hydrogens is 817 g/mol. The van der Waals surface area contributed by atoms with Crippen molar-refractivity contribution in [2.24, 2.45) is 0 Å². The van der Waals surface area contributed by atoms with Gasteiger partial charge in [0.2, 0.25) is 35.7 Å². The van der Waals surface area contributed by atoms with Crippen LogP contribution in [0.2, 0.25) is 0 Å². The van der Waals surface area contributed by atoms with Crippen molar-refractivity contribution in [1.29, 1.82) is 0 Å². The summed E-state index contributed by atoms with van der Waals surface area (Å²) >= 11 is 0. The topological polar surface area (TPSA) is 299 Å². The number of anilines is 8. The molecule has 0 spiro atoms. The molecule has 22 heteroatoms. The van der Waals surface area contributed by atoms with E-state index < -0.39 is 42.1 Å². The number of benzene rings is 4. The van der Waals surface area contributed by atoms with Gasteiger partial charge in [-0.15, -0.1) is 0 Å². The monoisotopic (exact) mass is 856 g/mol. The maximum atomic E-state index is 13.0. The molecule has 0 bridgehead atoms. The normalized spacial score (nSPS) is 13.0. The summed E-state index contributed by atoms with van der Waals surface area (Å²) in [6.45, 7) is 2.74. The van der Waals surface area contributed by atoms with Crippen molar-refractivity contribution in [2.75, 3.05) is 45.1 Å². The van der Waals surface area contributed by atoms with Crippen LogP contribution in [0, 0.1) is 0 Å². The average Bonchev–Trinajstić information content (AvgIpc) is 3.22. The Bertz CT molecular complexity index is 2510. The summed E-state index contributed by atoms with van der Waals surface area (Å²) in [4.78, 5) is 25.6. The quantitative estimate of drug-likeness (QED) is 0.0415. The molecule has 10 N–H and O–H groups in total. The van der Waals surface area contributed by atoms with Crippen molar-refractivity contribution in [3.05, 3.63) is 120 Å². The lowest BCUT2D eigenvalue weighted by atomic mass is 10.0. The molecule has 0 saturated carbocycles. The fourth-order valence-electron chi connectivity index (χ4n) is 5.49. The van der Waals surface area contributed by atoms with Crippen molar-refractivity contribution in [3.63, 3.8) is 0 Å². The van der Waals surface area contributed by atoms with Gasteiger partial charge in [-0.2, -0.15) is 46.7 Å². The third-order valence-electron chi connectivity index (χ3n) is 8.22. The molecule has 6 aromatic rings. The Hall–Kier alpha value is -6.82. The zero-order valence-corrected chi connectivity index (χ0v) is 33.5. The van der Waals surface area contributed by atoms with Crippen molar-refractivity contribution < 1.29 is 36.2 Å². The number of nitrogens with zero attached hydrogens (tertiary/aromatic N) is 6. The van der Waals surface area contributed by atoms with Crippen molar-refractivity contribution in [3.8, 4) is 0 Å². The van der Waals surface area contributed by atoms with E-state index in [9.17, 15) is 36.2 Å². The van der Waals surface area contributed by atoms with Gasteiger partial charge in [-0.1, -0.05) is 72.8 Å². The molecular formula is C38H40N12O8S2. The number of hydrogen-bond acceptors (Lipinski definition) is 18. The van der Waals surface area contributed by atoms with Crippen molar-refractivity contribution >= 4 is 78.7 Å². The summed E-state index contributed by atoms with van der Waals surface area (Å²) in [5.41, 5.74) is 0.174. The first-order valence-electron chi connectivity index (χ1n) is 18.0. The van der Waals surface area contributed by atoms with Gasteiger partial charge >= 0.3 is 0 Å². The molecule has 0 saturated heterocycles. The Morgan fingerprint density at radius 2 is 0.800 bits per heavy atom. The number of aliphatic hydroxyl groups excluding tert-OH is 2. The van der Waals surface area contributed by atoms with Crippen LogP contribution in [0.3, 0.4) is 0 Å². The minimum atomic E-state index is -5.00. The van der Waals surface area contributed by atoms with E-state index in [1.165, 1.54) is 36.4 Å². The zero-order valence-electron chi connectivity index (χ0n) is 31.9. The van der Waals surface area contributed by atoms with Crippen LogP contribution in [0.5, 0.6) is 0 Å². The second-order valence-electron chi connectivity index (χ2n) is 13.0. The van der Waals surface area contributed by atoms with Crippen molar-refractivity contribution in [1.82, 2.24) is 29.9 Å². The molecule has 2 aromatic heterocycles. The minimum Gasteiger partial charge on any atom is -0.394 e. The molecule has 6 rings (SSSR count). The van der Waals surface area contributed by atoms with Gasteiger partial charge in [0.15, 0.2) is 0 Å². The van der Waals surface area contributed by atoms with E-state index in [0.29, 0.717) is 11.4 Å². The van der Waals surface area contributed by atoms with Crippen LogP contribution in [0.25, 0.3) is 11.4 Å². The standard InChI is InChI=1S/C38H40N12O8S2/c1-23(21-51)39-33-45-35(41-25-13-5-3-6-14-25)49-37(47-33)43-31(27-17-9-11-19-29(27)59(53,54)55)32(28-18-10-12-20-30(28)60(56,57)58)44-38-48-34(40-24(2)22-52)46-36(50-38)42-26-15-7-4-8-16-26/h3-20,23-24,51-52H,21-22H2,1-2H3,(H,53,54,55)(H,56,57,58)(H3,39,41,43,45,47,49)(H3,40,42,44,46,48,50). The summed E-state index contributed by atoms with van der Waals surface area (Å²) in [5.74, 6) is -0.591. The molecule has 0 radical (unpaired) electrons. The summed E-state index contributed by atoms with van der Waals surface area (Å²) in [6, 6.07) is 27.2. The molecule has 0 aliphatic carbocycles. The number of hydrogen-bond donors (Lipinski definition) is 10. The number of para-hydroxylation sites is 2. The summed E-state index contributed by atoms with van der Waals surface area (Å²) in [6.07, 6.45) is 0. The molecule has 0 fully saturated rings. The summed E-state index contributed by atoms with van der Waals surface area (Å²) < 4.78 is 73.1. The molecule has 20 nitrogen and oxygen atoms in total. The first-order chi connectivity index (χ1) is 28.7. The maximum absolute atomic E-state index is 13.0. The maximum Gasteiger partial charge on any atom is 0.295 e. The van der Waals surface area contributed by atoms with Gasteiger partial charge in [0.25, 0.3) is 20.2 Å². The highest BCUT2D eigenvalue weighted by atomic mass is 32.2. The number of aromatic nitrogens is 6. The fourth-order valence-corrected chi connectivity index (χ4v) is 6.88. The Balaban J connectivity index is 1.65. The number of nitrogens with one attached hydrogen (secondary N) is 6. The van der Waals surface area contributed by atoms with E-state index in [1.54, 1.807) is 62.4 Å². The van der Waals surface area contributed by atoms with Crippen LogP contribution >= 0.6 is 0 Å². The Morgan fingerprint density at radius 3 is 1.15 bits per heavy atom. The van der Waals surface area contributed by atoms with Gasteiger partial charge < -0.3 is 42.1 Å². The lowest BCUT2D eigenvalue weighted by Crippen LogP contribution is -2.23. The highest BCUT2D eigenvalue weighted by Crippen LogP contribution is 2.35. The largest absolute Gasteiger partial charge is 0.394 e. The average molecular weight is 857 g/mol. The summed E-state index contributed by atoms with van der Waals surface area (Å²) in [5, 5.41) is 37.7. The predicted molar refractivity (Wildman–Crippen MR) is 226 cm³/mol. The van der Waals surface area contributed by atoms with Crippen LogP contribution in [-0.4, -0.2) is 91.4 Å².